The molecule has 0 spiro atoms. The quantitative estimate of drug-likeness (QED) is 0.807. The maximum Gasteiger partial charge on any atom is 0.127 e. The van der Waals surface area contributed by atoms with Crippen LogP contribution in [0.1, 0.15) is 71.1 Å². The van der Waals surface area contributed by atoms with Gasteiger partial charge in [0.2, 0.25) is 0 Å². The summed E-state index contributed by atoms with van der Waals surface area (Å²) in [6.07, 6.45) is 0.950. The summed E-state index contributed by atoms with van der Waals surface area (Å²) in [4.78, 5) is 11.0. The minimum Gasteiger partial charge on any atom is -0.507 e. The Balaban J connectivity index is 3.62. The number of aldehydes is 1. The summed E-state index contributed by atoms with van der Waals surface area (Å²) in [5, 5.41) is 10.6. The highest BCUT2D eigenvalue weighted by Gasteiger charge is 2.27. The van der Waals surface area contributed by atoms with Crippen LogP contribution in [0.3, 0.4) is 0 Å². The third-order valence-electron chi connectivity index (χ3n) is 3.48. The normalized spacial score (nSPS) is 14.3. The molecule has 0 radical (unpaired) electrons. The molecule has 0 amide bonds. The number of hydrogen-bond donors (Lipinski definition) is 1. The summed E-state index contributed by atoms with van der Waals surface area (Å²) in [7, 11) is 0. The molecule has 1 aromatic carbocycles. The summed E-state index contributed by atoms with van der Waals surface area (Å²) in [6, 6.07) is 3.92. The van der Waals surface area contributed by atoms with Gasteiger partial charge in [-0.1, -0.05) is 60.6 Å². The molecule has 0 aliphatic carbocycles. The summed E-state index contributed by atoms with van der Waals surface area (Å²) >= 11 is 0. The molecule has 0 aliphatic heterocycles. The van der Waals surface area contributed by atoms with Crippen LogP contribution in [0.2, 0.25) is 0 Å². The zero-order valence-electron chi connectivity index (χ0n) is 13.2. The van der Waals surface area contributed by atoms with Crippen molar-refractivity contribution in [3.63, 3.8) is 0 Å². The van der Waals surface area contributed by atoms with Crippen LogP contribution in [-0.2, 0) is 15.6 Å². The molecule has 19 heavy (non-hydrogen) atoms. The maximum absolute atomic E-state index is 11.0. The number of benzene rings is 1. The fraction of sp³-hybridized carbons (Fsp3) is 0.588. The van der Waals surface area contributed by atoms with Crippen molar-refractivity contribution in [2.24, 2.45) is 0 Å². The lowest BCUT2D eigenvalue weighted by atomic mass is 9.77. The van der Waals surface area contributed by atoms with Gasteiger partial charge in [0.25, 0.3) is 0 Å². The number of carbonyl (C=O) groups excluding carboxylic acids is 1. The molecule has 1 atom stereocenters. The van der Waals surface area contributed by atoms with Gasteiger partial charge in [-0.15, -0.1) is 0 Å². The smallest absolute Gasteiger partial charge is 0.127 e. The number of rotatable bonds is 2. The number of phenolic OH excluding ortho intramolecular Hbond substituents is 1. The Labute approximate surface area is 116 Å². The molecule has 0 aliphatic rings. The van der Waals surface area contributed by atoms with Crippen molar-refractivity contribution in [2.75, 3.05) is 0 Å². The second-order valence-corrected chi connectivity index (χ2v) is 7.39. The largest absolute Gasteiger partial charge is 0.507 e. The van der Waals surface area contributed by atoms with E-state index in [0.29, 0.717) is 5.75 Å². The molecule has 0 saturated carbocycles. The van der Waals surface area contributed by atoms with E-state index in [1.807, 2.05) is 19.1 Å². The van der Waals surface area contributed by atoms with E-state index in [2.05, 4.69) is 41.5 Å². The van der Waals surface area contributed by atoms with Crippen LogP contribution >= 0.6 is 0 Å². The maximum atomic E-state index is 11.0. The summed E-state index contributed by atoms with van der Waals surface area (Å²) in [5.41, 5.74) is 2.49. The van der Waals surface area contributed by atoms with E-state index in [4.69, 9.17) is 0 Å². The van der Waals surface area contributed by atoms with Crippen LogP contribution < -0.4 is 0 Å². The van der Waals surface area contributed by atoms with Crippen LogP contribution in [-0.4, -0.2) is 11.4 Å². The predicted molar refractivity (Wildman–Crippen MR) is 80.0 cm³/mol. The van der Waals surface area contributed by atoms with Gasteiger partial charge in [-0.05, 0) is 27.5 Å². The Morgan fingerprint density at radius 1 is 1.00 bits per heavy atom. The average molecular weight is 262 g/mol. The molecule has 0 heterocycles. The molecule has 0 fully saturated rings. The number of aromatic hydroxyl groups is 1. The van der Waals surface area contributed by atoms with Crippen molar-refractivity contribution >= 4 is 6.29 Å². The van der Waals surface area contributed by atoms with E-state index < -0.39 is 0 Å². The van der Waals surface area contributed by atoms with Crippen LogP contribution in [0.15, 0.2) is 12.1 Å². The molecular formula is C17H26O2. The summed E-state index contributed by atoms with van der Waals surface area (Å²) in [5.74, 6) is 0.213. The monoisotopic (exact) mass is 262 g/mol. The van der Waals surface area contributed by atoms with Crippen molar-refractivity contribution in [1.82, 2.24) is 0 Å². The Hall–Kier alpha value is -1.31. The van der Waals surface area contributed by atoms with Gasteiger partial charge in [0.1, 0.15) is 12.0 Å². The average Bonchev–Trinajstić information content (AvgIpc) is 2.25. The Morgan fingerprint density at radius 3 is 1.63 bits per heavy atom. The van der Waals surface area contributed by atoms with Crippen LogP contribution in [0.4, 0.5) is 0 Å². The highest BCUT2D eigenvalue weighted by Crippen LogP contribution is 2.40. The molecule has 0 bridgehead atoms. The Morgan fingerprint density at radius 2 is 1.37 bits per heavy atom. The molecule has 2 nitrogen and oxygen atoms in total. The molecule has 1 rings (SSSR count). The topological polar surface area (TPSA) is 37.3 Å². The first-order chi connectivity index (χ1) is 8.48. The lowest BCUT2D eigenvalue weighted by Crippen LogP contribution is -2.18. The second-order valence-electron chi connectivity index (χ2n) is 7.39. The minimum atomic E-state index is -0.150. The summed E-state index contributed by atoms with van der Waals surface area (Å²) in [6.45, 7) is 14.3. The van der Waals surface area contributed by atoms with E-state index >= 15 is 0 Å². The van der Waals surface area contributed by atoms with Crippen LogP contribution in [0, 0.1) is 0 Å². The van der Waals surface area contributed by atoms with E-state index in [1.54, 1.807) is 0 Å². The number of hydrogen-bond acceptors (Lipinski definition) is 2. The van der Waals surface area contributed by atoms with Crippen molar-refractivity contribution in [1.29, 1.82) is 0 Å². The highest BCUT2D eigenvalue weighted by molar-refractivity contribution is 5.63. The van der Waals surface area contributed by atoms with Gasteiger partial charge in [0.15, 0.2) is 0 Å². The molecule has 1 unspecified atom stereocenters. The van der Waals surface area contributed by atoms with Gasteiger partial charge in [0, 0.05) is 5.92 Å². The number of carbonyl (C=O) groups is 1. The van der Waals surface area contributed by atoms with Crippen LogP contribution in [0.25, 0.3) is 0 Å². The molecule has 0 aromatic heterocycles. The van der Waals surface area contributed by atoms with Gasteiger partial charge >= 0.3 is 0 Å². The highest BCUT2D eigenvalue weighted by atomic mass is 16.3. The van der Waals surface area contributed by atoms with Gasteiger partial charge < -0.3 is 9.90 Å². The van der Waals surface area contributed by atoms with E-state index in [9.17, 15) is 9.90 Å². The van der Waals surface area contributed by atoms with Gasteiger partial charge in [-0.25, -0.2) is 0 Å². The second kappa shape index (κ2) is 4.99. The van der Waals surface area contributed by atoms with Gasteiger partial charge in [-0.2, -0.15) is 0 Å². The minimum absolute atomic E-state index is 0.150. The SMILES string of the molecule is CC(C=O)c1cc(C(C)(C)C)c(O)c(C(C)(C)C)c1. The fourth-order valence-corrected chi connectivity index (χ4v) is 2.14. The lowest BCUT2D eigenvalue weighted by Gasteiger charge is -2.28. The third-order valence-corrected chi connectivity index (χ3v) is 3.48. The third kappa shape index (κ3) is 3.37. The standard InChI is InChI=1S/C17H26O2/c1-11(10-18)12-8-13(16(2,3)4)15(19)14(9-12)17(5,6)7/h8-11,19H,1-7H3. The van der Waals surface area contributed by atoms with Gasteiger partial charge in [0.05, 0.1) is 0 Å². The first kappa shape index (κ1) is 15.7. The predicted octanol–water partition coefficient (Wildman–Crippen LogP) is 4.29. The zero-order valence-corrected chi connectivity index (χ0v) is 13.2. The lowest BCUT2D eigenvalue weighted by molar-refractivity contribution is -0.108. The molecule has 0 saturated heterocycles. The molecule has 1 aromatic rings. The van der Waals surface area contributed by atoms with Crippen molar-refractivity contribution in [3.8, 4) is 5.75 Å². The first-order valence-corrected chi connectivity index (χ1v) is 6.81. The molecule has 1 N–H and O–H groups in total. The number of phenols is 1. The van der Waals surface area contributed by atoms with Crippen molar-refractivity contribution in [2.45, 2.75) is 65.2 Å². The van der Waals surface area contributed by atoms with E-state index in [-0.39, 0.29) is 16.7 Å². The summed E-state index contributed by atoms with van der Waals surface area (Å²) < 4.78 is 0. The van der Waals surface area contributed by atoms with Crippen molar-refractivity contribution in [3.05, 3.63) is 28.8 Å². The Kier molecular flexibility index (Phi) is 4.14. The van der Waals surface area contributed by atoms with E-state index in [1.165, 1.54) is 0 Å². The zero-order chi connectivity index (χ0) is 15.0. The first-order valence-electron chi connectivity index (χ1n) is 6.81. The van der Waals surface area contributed by atoms with Gasteiger partial charge in [-0.3, -0.25) is 0 Å². The molecule has 106 valence electrons. The molecular weight excluding hydrogens is 236 g/mol. The Bertz CT molecular complexity index is 438. The van der Waals surface area contributed by atoms with E-state index in [0.717, 1.165) is 23.0 Å². The van der Waals surface area contributed by atoms with Crippen molar-refractivity contribution < 1.29 is 9.90 Å². The fourth-order valence-electron chi connectivity index (χ4n) is 2.14. The molecule has 2 heteroatoms. The van der Waals surface area contributed by atoms with Crippen LogP contribution in [0.5, 0.6) is 5.75 Å².